The minimum absolute atomic E-state index is 0.284. The number of nitrogens with zero attached hydrogens (tertiary/aromatic N) is 2. The topological polar surface area (TPSA) is 98.9 Å². The Kier molecular flexibility index (Phi) is 3.92. The molecule has 3 aromatic rings. The summed E-state index contributed by atoms with van der Waals surface area (Å²) in [6.07, 6.45) is 3.36. The van der Waals surface area contributed by atoms with Gasteiger partial charge in [0.15, 0.2) is 0 Å². The first-order valence-corrected chi connectivity index (χ1v) is 10.0. The maximum absolute atomic E-state index is 13.3. The minimum Gasteiger partial charge on any atom is -0.361 e. The van der Waals surface area contributed by atoms with Crippen LogP contribution in [-0.2, 0) is 29.3 Å². The largest absolute Gasteiger partial charge is 0.361 e. The van der Waals surface area contributed by atoms with Gasteiger partial charge in [0.1, 0.15) is 5.82 Å². The van der Waals surface area contributed by atoms with Crippen LogP contribution in [0.4, 0.5) is 4.39 Å². The first-order valence-electron chi connectivity index (χ1n) is 8.11. The molecule has 1 aliphatic rings. The molecule has 7 nitrogen and oxygen atoms in total. The van der Waals surface area contributed by atoms with Crippen LogP contribution >= 0.6 is 0 Å². The number of H-pyrrole nitrogens is 2. The molecular weight excluding hydrogens is 359 g/mol. The summed E-state index contributed by atoms with van der Waals surface area (Å²) >= 11 is 0. The van der Waals surface area contributed by atoms with E-state index in [4.69, 9.17) is 0 Å². The Balaban J connectivity index is 1.61. The van der Waals surface area contributed by atoms with Crippen LogP contribution in [0.5, 0.6) is 0 Å². The van der Waals surface area contributed by atoms with E-state index in [0.717, 1.165) is 22.7 Å². The lowest BCUT2D eigenvalue weighted by Crippen LogP contribution is -2.36. The van der Waals surface area contributed by atoms with E-state index in [2.05, 4.69) is 19.9 Å². The van der Waals surface area contributed by atoms with Gasteiger partial charge in [-0.05, 0) is 23.8 Å². The third-order valence-corrected chi connectivity index (χ3v) is 5.50. The van der Waals surface area contributed by atoms with Crippen molar-refractivity contribution in [3.05, 3.63) is 57.4 Å². The van der Waals surface area contributed by atoms with Crippen LogP contribution in [0.1, 0.15) is 16.8 Å². The van der Waals surface area contributed by atoms with E-state index in [1.807, 2.05) is 6.20 Å². The van der Waals surface area contributed by atoms with E-state index in [1.165, 1.54) is 12.1 Å². The van der Waals surface area contributed by atoms with E-state index in [-0.39, 0.29) is 11.0 Å². The average molecular weight is 376 g/mol. The first-order chi connectivity index (χ1) is 12.3. The van der Waals surface area contributed by atoms with Gasteiger partial charge in [0, 0.05) is 49.4 Å². The Morgan fingerprint density at radius 2 is 2.15 bits per heavy atom. The van der Waals surface area contributed by atoms with Crippen molar-refractivity contribution < 1.29 is 12.8 Å². The molecule has 2 N–H and O–H groups in total. The van der Waals surface area contributed by atoms with E-state index in [0.29, 0.717) is 37.3 Å². The van der Waals surface area contributed by atoms with Crippen LogP contribution < -0.4 is 5.56 Å². The molecule has 0 saturated carbocycles. The zero-order valence-electron chi connectivity index (χ0n) is 14.0. The maximum Gasteiger partial charge on any atom is 0.256 e. The molecule has 0 saturated heterocycles. The van der Waals surface area contributed by atoms with Gasteiger partial charge in [-0.3, -0.25) is 14.7 Å². The standard InChI is InChI=1S/C17H17FN4O3S/c1-26(24,25)17-20-14-4-5-22(9-13(14)16(23)21-17)8-10-7-19-15-6-11(18)2-3-12(10)15/h2-3,6-7,19H,4-5,8-9H2,1H3,(H,20,21,23). The van der Waals surface area contributed by atoms with Crippen molar-refractivity contribution in [3.63, 3.8) is 0 Å². The summed E-state index contributed by atoms with van der Waals surface area (Å²) < 4.78 is 36.6. The monoisotopic (exact) mass is 376 g/mol. The lowest BCUT2D eigenvalue weighted by Gasteiger charge is -2.27. The Labute approximate surface area is 148 Å². The Morgan fingerprint density at radius 3 is 2.92 bits per heavy atom. The van der Waals surface area contributed by atoms with Gasteiger partial charge in [-0.25, -0.2) is 17.8 Å². The third kappa shape index (κ3) is 3.04. The maximum atomic E-state index is 13.3. The molecule has 0 aliphatic carbocycles. The highest BCUT2D eigenvalue weighted by Crippen LogP contribution is 2.23. The molecule has 1 aromatic carbocycles. The fraction of sp³-hybridized carbons (Fsp3) is 0.294. The summed E-state index contributed by atoms with van der Waals surface area (Å²) in [6, 6.07) is 4.61. The van der Waals surface area contributed by atoms with Crippen molar-refractivity contribution in [3.8, 4) is 0 Å². The summed E-state index contributed by atoms with van der Waals surface area (Å²) in [6.45, 7) is 1.63. The summed E-state index contributed by atoms with van der Waals surface area (Å²) in [4.78, 5) is 23.9. The highest BCUT2D eigenvalue weighted by Gasteiger charge is 2.24. The Bertz CT molecular complexity index is 1170. The quantitative estimate of drug-likeness (QED) is 0.673. The number of benzene rings is 1. The van der Waals surface area contributed by atoms with Gasteiger partial charge in [0.05, 0.1) is 11.3 Å². The van der Waals surface area contributed by atoms with Crippen molar-refractivity contribution in [2.24, 2.45) is 0 Å². The van der Waals surface area contributed by atoms with Crippen molar-refractivity contribution in [2.75, 3.05) is 12.8 Å². The number of hydrogen-bond acceptors (Lipinski definition) is 5. The van der Waals surface area contributed by atoms with Crippen LogP contribution in [0.3, 0.4) is 0 Å². The van der Waals surface area contributed by atoms with Gasteiger partial charge in [-0.15, -0.1) is 0 Å². The van der Waals surface area contributed by atoms with Crippen molar-refractivity contribution in [1.82, 2.24) is 19.9 Å². The minimum atomic E-state index is -3.56. The highest BCUT2D eigenvalue weighted by molar-refractivity contribution is 7.90. The van der Waals surface area contributed by atoms with Gasteiger partial charge in [-0.2, -0.15) is 0 Å². The first kappa shape index (κ1) is 16.9. The molecule has 0 fully saturated rings. The van der Waals surface area contributed by atoms with Crippen LogP contribution in [0.25, 0.3) is 10.9 Å². The lowest BCUT2D eigenvalue weighted by molar-refractivity contribution is 0.241. The van der Waals surface area contributed by atoms with E-state index < -0.39 is 15.4 Å². The average Bonchev–Trinajstić information content (AvgIpc) is 2.96. The van der Waals surface area contributed by atoms with Crippen LogP contribution in [0, 0.1) is 5.82 Å². The number of hydrogen-bond donors (Lipinski definition) is 2. The summed E-state index contributed by atoms with van der Waals surface area (Å²) in [5.41, 5.74) is 2.36. The van der Waals surface area contributed by atoms with E-state index in [1.54, 1.807) is 6.07 Å². The van der Waals surface area contributed by atoms with Crippen molar-refractivity contribution >= 4 is 20.7 Å². The summed E-state index contributed by atoms with van der Waals surface area (Å²) in [7, 11) is -3.56. The van der Waals surface area contributed by atoms with Gasteiger partial charge in [-0.1, -0.05) is 0 Å². The van der Waals surface area contributed by atoms with E-state index >= 15 is 0 Å². The molecule has 0 radical (unpaired) electrons. The SMILES string of the molecule is CS(=O)(=O)c1nc2c(c(=O)[nH]1)CN(Cc1c[nH]c3cc(F)ccc13)CC2. The van der Waals surface area contributed by atoms with Gasteiger partial charge < -0.3 is 4.98 Å². The number of fused-ring (bicyclic) bond motifs is 2. The molecule has 9 heteroatoms. The summed E-state index contributed by atoms with van der Waals surface area (Å²) in [5, 5.41) is 0.657. The summed E-state index contributed by atoms with van der Waals surface area (Å²) in [5.74, 6) is -0.294. The fourth-order valence-corrected chi connectivity index (χ4v) is 3.85. The van der Waals surface area contributed by atoms with Gasteiger partial charge >= 0.3 is 0 Å². The van der Waals surface area contributed by atoms with Crippen molar-refractivity contribution in [2.45, 2.75) is 24.7 Å². The van der Waals surface area contributed by atoms with E-state index in [9.17, 15) is 17.6 Å². The predicted octanol–water partition coefficient (Wildman–Crippen LogP) is 1.35. The van der Waals surface area contributed by atoms with Crippen LogP contribution in [-0.4, -0.2) is 41.1 Å². The number of aromatic amines is 2. The van der Waals surface area contributed by atoms with Gasteiger partial charge in [0.2, 0.25) is 15.0 Å². The number of sulfone groups is 1. The smallest absolute Gasteiger partial charge is 0.256 e. The number of halogens is 1. The molecule has 4 rings (SSSR count). The molecule has 0 spiro atoms. The molecule has 136 valence electrons. The second-order valence-corrected chi connectivity index (χ2v) is 8.46. The second kappa shape index (κ2) is 6.03. The fourth-order valence-electron chi connectivity index (χ4n) is 3.30. The predicted molar refractivity (Wildman–Crippen MR) is 94.0 cm³/mol. The van der Waals surface area contributed by atoms with Gasteiger partial charge in [0.25, 0.3) is 5.56 Å². The second-order valence-electron chi connectivity index (χ2n) is 6.53. The molecule has 0 atom stereocenters. The highest BCUT2D eigenvalue weighted by atomic mass is 32.2. The Morgan fingerprint density at radius 1 is 1.35 bits per heavy atom. The Hall–Kier alpha value is -2.52. The number of aromatic nitrogens is 3. The normalized spacial score (nSPS) is 15.3. The molecule has 0 unspecified atom stereocenters. The third-order valence-electron chi connectivity index (χ3n) is 4.60. The molecular formula is C17H17FN4O3S. The lowest BCUT2D eigenvalue weighted by atomic mass is 10.1. The number of rotatable bonds is 3. The molecule has 3 heterocycles. The molecule has 2 aromatic heterocycles. The molecule has 0 bridgehead atoms. The van der Waals surface area contributed by atoms with Crippen LogP contribution in [0.15, 0.2) is 34.3 Å². The van der Waals surface area contributed by atoms with Crippen molar-refractivity contribution in [1.29, 1.82) is 0 Å². The zero-order chi connectivity index (χ0) is 18.5. The molecule has 26 heavy (non-hydrogen) atoms. The van der Waals surface area contributed by atoms with Crippen LogP contribution in [0.2, 0.25) is 0 Å². The number of nitrogens with one attached hydrogen (secondary N) is 2. The zero-order valence-corrected chi connectivity index (χ0v) is 14.9. The molecule has 0 amide bonds. The molecule has 1 aliphatic heterocycles.